The first kappa shape index (κ1) is 21.0. The number of aromatic nitrogens is 2. The number of amides is 1. The van der Waals surface area contributed by atoms with E-state index in [0.29, 0.717) is 11.9 Å². The van der Waals surface area contributed by atoms with Crippen LogP contribution in [0.3, 0.4) is 0 Å². The third-order valence-electron chi connectivity index (χ3n) is 5.33. The number of rotatable bonds is 6. The number of imidazole rings is 1. The molecule has 4 rings (SSSR count). The Morgan fingerprint density at radius 1 is 1.03 bits per heavy atom. The van der Waals surface area contributed by atoms with Crippen LogP contribution in [0.4, 0.5) is 5.69 Å². The summed E-state index contributed by atoms with van der Waals surface area (Å²) in [4.78, 5) is 17.2. The number of carbonyl (C=O) groups is 1. The van der Waals surface area contributed by atoms with Crippen LogP contribution in [0.15, 0.2) is 65.6 Å². The summed E-state index contributed by atoms with van der Waals surface area (Å²) in [5, 5.41) is 5.13. The van der Waals surface area contributed by atoms with E-state index >= 15 is 0 Å². The number of anilines is 1. The minimum Gasteiger partial charge on any atom is -0.331 e. The largest absolute Gasteiger partial charge is 0.331 e. The van der Waals surface area contributed by atoms with E-state index in [4.69, 9.17) is 0 Å². The Balaban J connectivity index is 1.49. The van der Waals surface area contributed by atoms with Crippen molar-refractivity contribution >= 4 is 43.4 Å². The molecule has 1 N–H and O–H groups in total. The highest BCUT2D eigenvalue weighted by Gasteiger charge is 2.19. The molecule has 4 aromatic rings. The van der Waals surface area contributed by atoms with Gasteiger partial charge < -0.3 is 9.88 Å². The molecule has 0 bridgehead atoms. The summed E-state index contributed by atoms with van der Waals surface area (Å²) in [7, 11) is 1.33. The van der Waals surface area contributed by atoms with Crippen LogP contribution >= 0.6 is 0 Å². The Hall–Kier alpha value is -3.23. The van der Waals surface area contributed by atoms with Crippen LogP contribution in [0, 0.1) is 0 Å². The van der Waals surface area contributed by atoms with Gasteiger partial charge in [-0.15, -0.1) is 0 Å². The maximum absolute atomic E-state index is 12.5. The summed E-state index contributed by atoms with van der Waals surface area (Å²) >= 11 is 0. The predicted molar refractivity (Wildman–Crippen MR) is 122 cm³/mol. The molecule has 0 spiro atoms. The van der Waals surface area contributed by atoms with Crippen molar-refractivity contribution in [1.29, 1.82) is 0 Å². The first-order valence-corrected chi connectivity index (χ1v) is 11.4. The van der Waals surface area contributed by atoms with Crippen molar-refractivity contribution in [2.75, 3.05) is 19.4 Å². The number of benzene rings is 3. The highest BCUT2D eigenvalue weighted by Crippen LogP contribution is 2.22. The lowest BCUT2D eigenvalue weighted by atomic mass is 10.1. The van der Waals surface area contributed by atoms with Crippen LogP contribution in [0.1, 0.15) is 12.2 Å². The normalized spacial score (nSPS) is 12.0. The Morgan fingerprint density at radius 3 is 2.52 bits per heavy atom. The van der Waals surface area contributed by atoms with Crippen LogP contribution < -0.4 is 5.32 Å². The molecule has 7 nitrogen and oxygen atoms in total. The summed E-state index contributed by atoms with van der Waals surface area (Å²) in [5.41, 5.74) is 2.17. The number of nitrogens with zero attached hydrogens (tertiary/aromatic N) is 3. The van der Waals surface area contributed by atoms with Crippen molar-refractivity contribution in [3.8, 4) is 0 Å². The molecule has 1 heterocycles. The van der Waals surface area contributed by atoms with Crippen molar-refractivity contribution in [2.45, 2.75) is 17.7 Å². The van der Waals surface area contributed by atoms with Gasteiger partial charge in [0.2, 0.25) is 15.9 Å². The Labute approximate surface area is 181 Å². The van der Waals surface area contributed by atoms with Gasteiger partial charge in [0.15, 0.2) is 0 Å². The lowest BCUT2D eigenvalue weighted by Gasteiger charge is -2.10. The molecule has 0 aliphatic carbocycles. The minimum atomic E-state index is -3.53. The molecule has 0 saturated carbocycles. The second-order valence-electron chi connectivity index (χ2n) is 7.64. The molecule has 0 fully saturated rings. The van der Waals surface area contributed by atoms with Gasteiger partial charge in [0.25, 0.3) is 0 Å². The number of hydrogen-bond acceptors (Lipinski definition) is 4. The van der Waals surface area contributed by atoms with Crippen LogP contribution in [-0.2, 0) is 28.3 Å². The summed E-state index contributed by atoms with van der Waals surface area (Å²) in [5.74, 6) is 0.626. The van der Waals surface area contributed by atoms with Crippen molar-refractivity contribution in [3.05, 3.63) is 66.5 Å². The van der Waals surface area contributed by atoms with Crippen LogP contribution in [0.2, 0.25) is 0 Å². The van der Waals surface area contributed by atoms with Gasteiger partial charge in [-0.25, -0.2) is 17.7 Å². The molecular weight excluding hydrogens is 412 g/mol. The van der Waals surface area contributed by atoms with Gasteiger partial charge in [-0.1, -0.05) is 30.3 Å². The van der Waals surface area contributed by atoms with E-state index in [-0.39, 0.29) is 17.2 Å². The fourth-order valence-electron chi connectivity index (χ4n) is 3.54. The highest BCUT2D eigenvalue weighted by molar-refractivity contribution is 7.89. The Kier molecular flexibility index (Phi) is 5.51. The fraction of sp³-hybridized carbons (Fsp3) is 0.217. The molecule has 0 atom stereocenters. The Bertz CT molecular complexity index is 1390. The smallest absolute Gasteiger partial charge is 0.242 e. The van der Waals surface area contributed by atoms with Crippen molar-refractivity contribution in [3.63, 3.8) is 0 Å². The number of sulfonamides is 1. The zero-order valence-electron chi connectivity index (χ0n) is 17.7. The molecular formula is C23H24N4O3S. The topological polar surface area (TPSA) is 84.3 Å². The number of aryl methyl sites for hydroxylation is 2. The van der Waals surface area contributed by atoms with Crippen LogP contribution in [0.5, 0.6) is 0 Å². The van der Waals surface area contributed by atoms with Gasteiger partial charge in [0.05, 0.1) is 15.9 Å². The van der Waals surface area contributed by atoms with Crippen molar-refractivity contribution in [1.82, 2.24) is 13.9 Å². The van der Waals surface area contributed by atoms with Crippen LogP contribution in [0.25, 0.3) is 21.8 Å². The molecule has 0 radical (unpaired) electrons. The van der Waals surface area contributed by atoms with E-state index in [1.807, 2.05) is 54.1 Å². The fourth-order valence-corrected chi connectivity index (χ4v) is 4.46. The third-order valence-corrected chi connectivity index (χ3v) is 7.14. The van der Waals surface area contributed by atoms with E-state index < -0.39 is 10.0 Å². The molecule has 0 aliphatic heterocycles. The summed E-state index contributed by atoms with van der Waals surface area (Å²) in [6, 6.07) is 18.7. The van der Waals surface area contributed by atoms with Gasteiger partial charge in [0.1, 0.15) is 5.82 Å². The monoisotopic (exact) mass is 436 g/mol. The maximum Gasteiger partial charge on any atom is 0.242 e. The highest BCUT2D eigenvalue weighted by atomic mass is 32.2. The van der Waals surface area contributed by atoms with Crippen molar-refractivity contribution in [2.24, 2.45) is 7.05 Å². The summed E-state index contributed by atoms with van der Waals surface area (Å²) in [6.45, 7) is 0. The van der Waals surface area contributed by atoms with E-state index in [9.17, 15) is 13.2 Å². The van der Waals surface area contributed by atoms with Crippen LogP contribution in [-0.4, -0.2) is 42.3 Å². The molecule has 31 heavy (non-hydrogen) atoms. The lowest BCUT2D eigenvalue weighted by Crippen LogP contribution is -2.22. The van der Waals surface area contributed by atoms with Gasteiger partial charge in [-0.05, 0) is 41.1 Å². The SMILES string of the molecule is CN(C)S(=O)(=O)c1ccc2c(c1)nc(CCC(=O)Nc1ccc3ccccc3c1)n2C. The van der Waals surface area contributed by atoms with Gasteiger partial charge in [-0.2, -0.15) is 0 Å². The quantitative estimate of drug-likeness (QED) is 0.501. The molecule has 160 valence electrons. The first-order valence-electron chi connectivity index (χ1n) is 9.92. The second kappa shape index (κ2) is 8.13. The Morgan fingerprint density at radius 2 is 1.77 bits per heavy atom. The number of carbonyl (C=O) groups excluding carboxylic acids is 1. The standard InChI is InChI=1S/C23H24N4O3S/c1-26(2)31(29,30)19-10-11-21-20(15-19)25-22(27(21)3)12-13-23(28)24-18-9-8-16-6-4-5-7-17(16)14-18/h4-11,14-15H,12-13H2,1-3H3,(H,24,28). The van der Waals surface area contributed by atoms with Gasteiger partial charge >= 0.3 is 0 Å². The second-order valence-corrected chi connectivity index (χ2v) is 9.79. The van der Waals surface area contributed by atoms with E-state index in [1.54, 1.807) is 18.2 Å². The number of nitrogens with one attached hydrogen (secondary N) is 1. The van der Waals surface area contributed by atoms with E-state index in [2.05, 4.69) is 10.3 Å². The third kappa shape index (κ3) is 4.17. The molecule has 1 amide bonds. The predicted octanol–water partition coefficient (Wildman–Crippen LogP) is 3.55. The summed E-state index contributed by atoms with van der Waals surface area (Å²) in [6.07, 6.45) is 0.715. The average molecular weight is 437 g/mol. The zero-order chi connectivity index (χ0) is 22.2. The molecule has 3 aromatic carbocycles. The summed E-state index contributed by atoms with van der Waals surface area (Å²) < 4.78 is 27.8. The van der Waals surface area contributed by atoms with Gasteiger partial charge in [0, 0.05) is 39.7 Å². The molecule has 1 aromatic heterocycles. The lowest BCUT2D eigenvalue weighted by molar-refractivity contribution is -0.116. The molecule has 0 aliphatic rings. The van der Waals surface area contributed by atoms with Gasteiger partial charge in [-0.3, -0.25) is 4.79 Å². The molecule has 0 unspecified atom stereocenters. The van der Waals surface area contributed by atoms with E-state index in [1.165, 1.54) is 18.4 Å². The number of hydrogen-bond donors (Lipinski definition) is 1. The maximum atomic E-state index is 12.5. The number of fused-ring (bicyclic) bond motifs is 2. The molecule has 0 saturated heterocycles. The zero-order valence-corrected chi connectivity index (χ0v) is 18.5. The first-order chi connectivity index (χ1) is 14.8. The molecule has 8 heteroatoms. The minimum absolute atomic E-state index is 0.0989. The van der Waals surface area contributed by atoms with E-state index in [0.717, 1.165) is 27.8 Å². The van der Waals surface area contributed by atoms with Crippen molar-refractivity contribution < 1.29 is 13.2 Å². The average Bonchev–Trinajstić information content (AvgIpc) is 3.07.